The standard InChI is InChI=1S/C14H7Cl4F3/c15-6-8-2-1-7(3-10(8)14(19,20)21)9-4-12(17)13(18)5-11(9)16/h1-5H,6H2. The van der Waals surface area contributed by atoms with Gasteiger partial charge in [-0.2, -0.15) is 13.2 Å². The van der Waals surface area contributed by atoms with E-state index in [1.807, 2.05) is 0 Å². The van der Waals surface area contributed by atoms with Crippen molar-refractivity contribution in [1.82, 2.24) is 0 Å². The molecule has 0 aliphatic carbocycles. The summed E-state index contributed by atoms with van der Waals surface area (Å²) in [5, 5.41) is 0.668. The summed E-state index contributed by atoms with van der Waals surface area (Å²) in [5.74, 6) is -0.232. The number of hydrogen-bond acceptors (Lipinski definition) is 0. The summed E-state index contributed by atoms with van der Waals surface area (Å²) in [6.45, 7) is 0. The number of benzene rings is 2. The van der Waals surface area contributed by atoms with Gasteiger partial charge in [0.2, 0.25) is 0 Å². The summed E-state index contributed by atoms with van der Waals surface area (Å²) >= 11 is 23.3. The lowest BCUT2D eigenvalue weighted by Crippen LogP contribution is -2.08. The zero-order chi connectivity index (χ0) is 15.8. The number of halogens is 7. The van der Waals surface area contributed by atoms with Crippen molar-refractivity contribution in [2.24, 2.45) is 0 Å². The zero-order valence-electron chi connectivity index (χ0n) is 10.2. The quantitative estimate of drug-likeness (QED) is 0.390. The summed E-state index contributed by atoms with van der Waals surface area (Å²) in [7, 11) is 0. The topological polar surface area (TPSA) is 0 Å². The summed E-state index contributed by atoms with van der Waals surface area (Å²) < 4.78 is 39.1. The Bertz CT molecular complexity index is 681. The van der Waals surface area contributed by atoms with Crippen LogP contribution in [0.3, 0.4) is 0 Å². The molecule has 21 heavy (non-hydrogen) atoms. The Morgan fingerprint density at radius 2 is 1.48 bits per heavy atom. The zero-order valence-corrected chi connectivity index (χ0v) is 13.3. The van der Waals surface area contributed by atoms with E-state index in [4.69, 9.17) is 46.4 Å². The van der Waals surface area contributed by atoms with Gasteiger partial charge in [0.05, 0.1) is 15.6 Å². The van der Waals surface area contributed by atoms with Crippen LogP contribution in [0.1, 0.15) is 11.1 Å². The third kappa shape index (κ3) is 3.59. The molecule has 0 saturated heterocycles. The van der Waals surface area contributed by atoms with Gasteiger partial charge in [-0.25, -0.2) is 0 Å². The first-order valence-corrected chi connectivity index (χ1v) is 7.32. The van der Waals surface area contributed by atoms with Gasteiger partial charge in [0.25, 0.3) is 0 Å². The van der Waals surface area contributed by atoms with Crippen LogP contribution in [0.25, 0.3) is 11.1 Å². The average Bonchev–Trinajstić information content (AvgIpc) is 2.41. The van der Waals surface area contributed by atoms with Gasteiger partial charge in [0, 0.05) is 16.5 Å². The minimum atomic E-state index is -4.50. The normalized spacial score (nSPS) is 11.8. The predicted octanol–water partition coefficient (Wildman–Crippen LogP) is 7.07. The molecule has 7 heteroatoms. The average molecular weight is 374 g/mol. The number of rotatable bonds is 2. The summed E-state index contributed by atoms with van der Waals surface area (Å²) in [5.41, 5.74) is -0.126. The van der Waals surface area contributed by atoms with Crippen molar-refractivity contribution < 1.29 is 13.2 Å². The molecule has 0 N–H and O–H groups in total. The summed E-state index contributed by atoms with van der Waals surface area (Å²) in [6, 6.07) is 6.66. The lowest BCUT2D eigenvalue weighted by Gasteiger charge is -2.14. The van der Waals surface area contributed by atoms with Crippen LogP contribution < -0.4 is 0 Å². The molecule has 0 amide bonds. The van der Waals surface area contributed by atoms with E-state index in [0.29, 0.717) is 11.1 Å². The number of hydrogen-bond donors (Lipinski definition) is 0. The maximum absolute atomic E-state index is 13.0. The van der Waals surface area contributed by atoms with Crippen LogP contribution >= 0.6 is 46.4 Å². The van der Waals surface area contributed by atoms with E-state index in [2.05, 4.69) is 0 Å². The van der Waals surface area contributed by atoms with Crippen molar-refractivity contribution in [1.29, 1.82) is 0 Å². The minimum Gasteiger partial charge on any atom is -0.166 e. The molecule has 0 aliphatic rings. The second kappa shape index (κ2) is 6.25. The van der Waals surface area contributed by atoms with E-state index in [1.165, 1.54) is 24.3 Å². The van der Waals surface area contributed by atoms with Crippen molar-refractivity contribution >= 4 is 46.4 Å². The first-order chi connectivity index (χ1) is 9.74. The first kappa shape index (κ1) is 16.8. The molecule has 0 aromatic heterocycles. The van der Waals surface area contributed by atoms with Crippen LogP contribution in [0.4, 0.5) is 13.2 Å². The third-order valence-corrected chi connectivity index (χ3v) is 4.20. The van der Waals surface area contributed by atoms with E-state index >= 15 is 0 Å². The van der Waals surface area contributed by atoms with Gasteiger partial charge < -0.3 is 0 Å². The highest BCUT2D eigenvalue weighted by molar-refractivity contribution is 6.44. The fraction of sp³-hybridized carbons (Fsp3) is 0.143. The second-order valence-corrected chi connectivity index (χ2v) is 5.74. The highest BCUT2D eigenvalue weighted by Gasteiger charge is 2.33. The van der Waals surface area contributed by atoms with Crippen molar-refractivity contribution in [3.63, 3.8) is 0 Å². The van der Waals surface area contributed by atoms with Crippen LogP contribution in [0, 0.1) is 0 Å². The molecular formula is C14H7Cl4F3. The monoisotopic (exact) mass is 372 g/mol. The van der Waals surface area contributed by atoms with Crippen LogP contribution in [0.15, 0.2) is 30.3 Å². The molecule has 0 heterocycles. The van der Waals surface area contributed by atoms with Gasteiger partial charge in [0.1, 0.15) is 0 Å². The van der Waals surface area contributed by atoms with E-state index in [0.717, 1.165) is 6.07 Å². The molecule has 0 radical (unpaired) electrons. The lowest BCUT2D eigenvalue weighted by molar-refractivity contribution is -0.138. The Balaban J connectivity index is 2.63. The van der Waals surface area contributed by atoms with Gasteiger partial charge in [-0.05, 0) is 29.3 Å². The summed E-state index contributed by atoms with van der Waals surface area (Å²) in [4.78, 5) is 0. The van der Waals surface area contributed by atoms with E-state index < -0.39 is 11.7 Å². The molecule has 0 saturated carbocycles. The van der Waals surface area contributed by atoms with E-state index in [1.54, 1.807) is 0 Å². The fourth-order valence-electron chi connectivity index (χ4n) is 1.87. The Hall–Kier alpha value is -0.610. The highest BCUT2D eigenvalue weighted by Crippen LogP contribution is 2.39. The Morgan fingerprint density at radius 3 is 2.05 bits per heavy atom. The van der Waals surface area contributed by atoms with Gasteiger partial charge in [0.15, 0.2) is 0 Å². The Kier molecular flexibility index (Phi) is 4.99. The maximum Gasteiger partial charge on any atom is 0.416 e. The molecule has 2 rings (SSSR count). The van der Waals surface area contributed by atoms with Gasteiger partial charge in [-0.15, -0.1) is 11.6 Å². The third-order valence-electron chi connectivity index (χ3n) is 2.88. The molecule has 0 atom stereocenters. The van der Waals surface area contributed by atoms with Crippen LogP contribution in [-0.2, 0) is 12.1 Å². The van der Waals surface area contributed by atoms with Crippen molar-refractivity contribution in [3.05, 3.63) is 56.5 Å². The molecule has 2 aromatic rings. The fourth-order valence-corrected chi connectivity index (χ4v) is 2.76. The van der Waals surface area contributed by atoms with Crippen LogP contribution in [0.2, 0.25) is 15.1 Å². The molecule has 0 nitrogen and oxygen atoms in total. The van der Waals surface area contributed by atoms with Crippen LogP contribution in [0.5, 0.6) is 0 Å². The SMILES string of the molecule is FC(F)(F)c1cc(-c2cc(Cl)c(Cl)cc2Cl)ccc1CCl. The van der Waals surface area contributed by atoms with Crippen molar-refractivity contribution in [3.8, 4) is 11.1 Å². The van der Waals surface area contributed by atoms with Gasteiger partial charge in [-0.3, -0.25) is 0 Å². The first-order valence-electron chi connectivity index (χ1n) is 5.65. The minimum absolute atomic E-state index is 0.00380. The molecule has 112 valence electrons. The van der Waals surface area contributed by atoms with E-state index in [-0.39, 0.29) is 26.5 Å². The summed E-state index contributed by atoms with van der Waals surface area (Å²) in [6.07, 6.45) is -4.50. The smallest absolute Gasteiger partial charge is 0.166 e. The highest BCUT2D eigenvalue weighted by atomic mass is 35.5. The molecule has 0 aliphatic heterocycles. The van der Waals surface area contributed by atoms with Crippen molar-refractivity contribution in [2.45, 2.75) is 12.1 Å². The Labute approximate surface area is 139 Å². The Morgan fingerprint density at radius 1 is 0.857 bits per heavy atom. The van der Waals surface area contributed by atoms with Gasteiger partial charge >= 0.3 is 6.18 Å². The molecular weight excluding hydrogens is 367 g/mol. The number of alkyl halides is 4. The molecule has 0 spiro atoms. The van der Waals surface area contributed by atoms with Gasteiger partial charge in [-0.1, -0.05) is 46.9 Å². The second-order valence-electron chi connectivity index (χ2n) is 4.25. The largest absolute Gasteiger partial charge is 0.416 e. The molecule has 0 fully saturated rings. The molecule has 0 unspecified atom stereocenters. The molecule has 0 bridgehead atoms. The van der Waals surface area contributed by atoms with Crippen LogP contribution in [-0.4, -0.2) is 0 Å². The lowest BCUT2D eigenvalue weighted by atomic mass is 9.99. The van der Waals surface area contributed by atoms with E-state index in [9.17, 15) is 13.2 Å². The van der Waals surface area contributed by atoms with Crippen molar-refractivity contribution in [2.75, 3.05) is 0 Å². The predicted molar refractivity (Wildman–Crippen MR) is 81.5 cm³/mol. The maximum atomic E-state index is 13.0. The molecule has 2 aromatic carbocycles.